The largest absolute Gasteiger partial charge is 0.368 e. The molecule has 1 saturated carbocycles. The predicted octanol–water partition coefficient (Wildman–Crippen LogP) is 1.63. The third kappa shape index (κ3) is 2.34. The highest BCUT2D eigenvalue weighted by molar-refractivity contribution is 5.99. The number of carbonyl (C=O) groups is 2. The Balaban J connectivity index is 1.40. The van der Waals surface area contributed by atoms with E-state index in [2.05, 4.69) is 22.3 Å². The molecule has 1 aliphatic carbocycles. The number of rotatable bonds is 2. The molecule has 0 atom stereocenters. The van der Waals surface area contributed by atoms with Crippen LogP contribution in [0.2, 0.25) is 0 Å². The average molecular weight is 299 g/mol. The molecule has 2 amide bonds. The van der Waals surface area contributed by atoms with Gasteiger partial charge in [-0.1, -0.05) is 6.42 Å². The normalized spacial score (nSPS) is 21.4. The maximum Gasteiger partial charge on any atom is 0.228 e. The molecule has 4 rings (SSSR count). The number of nitrogens with one attached hydrogen (secondary N) is 1. The molecule has 5 nitrogen and oxygen atoms in total. The van der Waals surface area contributed by atoms with Crippen LogP contribution in [0.1, 0.15) is 24.8 Å². The molecule has 1 aromatic carbocycles. The first-order valence-electron chi connectivity index (χ1n) is 8.17. The lowest BCUT2D eigenvalue weighted by molar-refractivity contribution is -0.138. The summed E-state index contributed by atoms with van der Waals surface area (Å²) >= 11 is 0. The van der Waals surface area contributed by atoms with Gasteiger partial charge in [-0.25, -0.2) is 0 Å². The standard InChI is InChI=1S/C17H21N3O2/c21-16-11-13-10-14(4-5-15(13)18-16)19-6-8-20(9-7-19)17(22)12-2-1-3-12/h4-5,10,12H,1-3,6-9,11H2,(H,18,21). The van der Waals surface area contributed by atoms with Gasteiger partial charge in [0.15, 0.2) is 0 Å². The SMILES string of the molecule is O=C1Cc2cc(N3CCN(C(=O)C4CCC4)CC3)ccc2N1. The van der Waals surface area contributed by atoms with Gasteiger partial charge in [-0.2, -0.15) is 0 Å². The van der Waals surface area contributed by atoms with E-state index in [1.54, 1.807) is 0 Å². The third-order valence-electron chi connectivity index (χ3n) is 5.12. The topological polar surface area (TPSA) is 52.7 Å². The quantitative estimate of drug-likeness (QED) is 0.903. The van der Waals surface area contributed by atoms with E-state index in [0.717, 1.165) is 56.0 Å². The van der Waals surface area contributed by atoms with E-state index in [0.29, 0.717) is 18.2 Å². The summed E-state index contributed by atoms with van der Waals surface area (Å²) < 4.78 is 0. The molecule has 2 fully saturated rings. The summed E-state index contributed by atoms with van der Waals surface area (Å²) in [4.78, 5) is 28.0. The Bertz CT molecular complexity index is 616. The van der Waals surface area contributed by atoms with Gasteiger partial charge in [0.1, 0.15) is 0 Å². The molecule has 3 aliphatic rings. The van der Waals surface area contributed by atoms with Crippen molar-refractivity contribution < 1.29 is 9.59 Å². The number of piperazine rings is 1. The molecule has 1 N–H and O–H groups in total. The fraction of sp³-hybridized carbons (Fsp3) is 0.529. The van der Waals surface area contributed by atoms with E-state index in [1.807, 2.05) is 11.0 Å². The van der Waals surface area contributed by atoms with Crippen molar-refractivity contribution in [3.63, 3.8) is 0 Å². The number of carbonyl (C=O) groups excluding carboxylic acids is 2. The number of hydrogen-bond donors (Lipinski definition) is 1. The van der Waals surface area contributed by atoms with Crippen LogP contribution in [0.25, 0.3) is 0 Å². The van der Waals surface area contributed by atoms with Crippen LogP contribution in [0, 0.1) is 5.92 Å². The minimum Gasteiger partial charge on any atom is -0.368 e. The van der Waals surface area contributed by atoms with E-state index in [1.165, 1.54) is 6.42 Å². The van der Waals surface area contributed by atoms with E-state index >= 15 is 0 Å². The number of benzene rings is 1. The zero-order valence-corrected chi connectivity index (χ0v) is 12.7. The molecule has 116 valence electrons. The smallest absolute Gasteiger partial charge is 0.228 e. The highest BCUT2D eigenvalue weighted by Gasteiger charge is 2.31. The summed E-state index contributed by atoms with van der Waals surface area (Å²) in [6.07, 6.45) is 3.83. The van der Waals surface area contributed by atoms with Crippen LogP contribution in [0.15, 0.2) is 18.2 Å². The highest BCUT2D eigenvalue weighted by atomic mass is 16.2. The maximum absolute atomic E-state index is 12.3. The van der Waals surface area contributed by atoms with Crippen molar-refractivity contribution in [2.24, 2.45) is 5.92 Å². The number of amides is 2. The zero-order chi connectivity index (χ0) is 15.1. The maximum atomic E-state index is 12.3. The second-order valence-electron chi connectivity index (χ2n) is 6.51. The van der Waals surface area contributed by atoms with Gasteiger partial charge < -0.3 is 15.1 Å². The molecule has 2 heterocycles. The number of nitrogens with zero attached hydrogens (tertiary/aromatic N) is 2. The molecular formula is C17H21N3O2. The van der Waals surface area contributed by atoms with Crippen molar-refractivity contribution >= 4 is 23.2 Å². The summed E-state index contributed by atoms with van der Waals surface area (Å²) in [5.74, 6) is 0.723. The van der Waals surface area contributed by atoms with Gasteiger partial charge in [-0.05, 0) is 36.6 Å². The van der Waals surface area contributed by atoms with Crippen molar-refractivity contribution in [3.05, 3.63) is 23.8 Å². The van der Waals surface area contributed by atoms with Gasteiger partial charge >= 0.3 is 0 Å². The molecule has 2 aliphatic heterocycles. The van der Waals surface area contributed by atoms with E-state index in [9.17, 15) is 9.59 Å². The summed E-state index contributed by atoms with van der Waals surface area (Å²) in [5.41, 5.74) is 3.18. The lowest BCUT2D eigenvalue weighted by atomic mass is 9.84. The summed E-state index contributed by atoms with van der Waals surface area (Å²) in [7, 11) is 0. The van der Waals surface area contributed by atoms with Crippen LogP contribution in [0.5, 0.6) is 0 Å². The van der Waals surface area contributed by atoms with Crippen LogP contribution in [-0.2, 0) is 16.0 Å². The molecule has 0 aromatic heterocycles. The Kier molecular flexibility index (Phi) is 3.28. The van der Waals surface area contributed by atoms with Crippen LogP contribution in [0.4, 0.5) is 11.4 Å². The van der Waals surface area contributed by atoms with Gasteiger partial charge in [0, 0.05) is 43.5 Å². The molecule has 1 aromatic rings. The Morgan fingerprint density at radius 1 is 1.14 bits per heavy atom. The lowest BCUT2D eigenvalue weighted by Gasteiger charge is -2.39. The van der Waals surface area contributed by atoms with Crippen molar-refractivity contribution in [1.29, 1.82) is 0 Å². The minimum atomic E-state index is 0.0723. The average Bonchev–Trinajstić information content (AvgIpc) is 2.84. The molecule has 1 saturated heterocycles. The first-order chi connectivity index (χ1) is 10.7. The van der Waals surface area contributed by atoms with Gasteiger partial charge in [0.05, 0.1) is 6.42 Å². The van der Waals surface area contributed by atoms with E-state index in [-0.39, 0.29) is 5.91 Å². The van der Waals surface area contributed by atoms with Crippen molar-refractivity contribution in [3.8, 4) is 0 Å². The lowest BCUT2D eigenvalue weighted by Crippen LogP contribution is -2.51. The highest BCUT2D eigenvalue weighted by Crippen LogP contribution is 2.30. The van der Waals surface area contributed by atoms with Crippen LogP contribution in [-0.4, -0.2) is 42.9 Å². The van der Waals surface area contributed by atoms with Gasteiger partial charge in [-0.15, -0.1) is 0 Å². The number of fused-ring (bicyclic) bond motifs is 1. The van der Waals surface area contributed by atoms with Crippen molar-refractivity contribution in [2.45, 2.75) is 25.7 Å². The fourth-order valence-electron chi connectivity index (χ4n) is 3.51. The van der Waals surface area contributed by atoms with Gasteiger partial charge in [0.2, 0.25) is 11.8 Å². The minimum absolute atomic E-state index is 0.0723. The second-order valence-corrected chi connectivity index (χ2v) is 6.51. The second kappa shape index (κ2) is 5.30. The summed E-state index contributed by atoms with van der Waals surface area (Å²) in [6, 6.07) is 6.16. The van der Waals surface area contributed by atoms with Gasteiger partial charge in [-0.3, -0.25) is 9.59 Å². The van der Waals surface area contributed by atoms with Gasteiger partial charge in [0.25, 0.3) is 0 Å². The predicted molar refractivity (Wildman–Crippen MR) is 84.9 cm³/mol. The number of hydrogen-bond acceptors (Lipinski definition) is 3. The van der Waals surface area contributed by atoms with Crippen LogP contribution in [0.3, 0.4) is 0 Å². The van der Waals surface area contributed by atoms with Crippen molar-refractivity contribution in [1.82, 2.24) is 4.90 Å². The molecule has 5 heteroatoms. The molecule has 0 unspecified atom stereocenters. The molecule has 22 heavy (non-hydrogen) atoms. The molecular weight excluding hydrogens is 278 g/mol. The zero-order valence-electron chi connectivity index (χ0n) is 12.7. The summed E-state index contributed by atoms with van der Waals surface area (Å²) in [6.45, 7) is 3.37. The first kappa shape index (κ1) is 13.6. The third-order valence-corrected chi connectivity index (χ3v) is 5.12. The Morgan fingerprint density at radius 3 is 2.59 bits per heavy atom. The van der Waals surface area contributed by atoms with Crippen LogP contribution < -0.4 is 10.2 Å². The fourth-order valence-corrected chi connectivity index (χ4v) is 3.51. The Labute approximate surface area is 130 Å². The first-order valence-corrected chi connectivity index (χ1v) is 8.17. The molecule has 0 spiro atoms. The number of anilines is 2. The van der Waals surface area contributed by atoms with E-state index < -0.39 is 0 Å². The van der Waals surface area contributed by atoms with E-state index in [4.69, 9.17) is 0 Å². The Morgan fingerprint density at radius 2 is 1.91 bits per heavy atom. The Hall–Kier alpha value is -2.04. The van der Waals surface area contributed by atoms with Crippen molar-refractivity contribution in [2.75, 3.05) is 36.4 Å². The summed E-state index contributed by atoms with van der Waals surface area (Å²) in [5, 5.41) is 2.86. The monoisotopic (exact) mass is 299 g/mol. The molecule has 0 radical (unpaired) electrons. The molecule has 0 bridgehead atoms. The van der Waals surface area contributed by atoms with Crippen LogP contribution >= 0.6 is 0 Å².